The van der Waals surface area contributed by atoms with Crippen molar-refractivity contribution in [2.45, 2.75) is 39.7 Å². The highest BCUT2D eigenvalue weighted by Gasteiger charge is 2.21. The van der Waals surface area contributed by atoms with Gasteiger partial charge in [-0.3, -0.25) is 14.4 Å². The third-order valence-corrected chi connectivity index (χ3v) is 3.27. The molecule has 0 saturated carbocycles. The number of rotatable bonds is 7. The smallest absolute Gasteiger partial charge is 0.244 e. The van der Waals surface area contributed by atoms with Crippen LogP contribution in [0, 0.1) is 5.41 Å². The van der Waals surface area contributed by atoms with Crippen LogP contribution < -0.4 is 16.4 Å². The standard InChI is InChI=1S/C17H25N3O3/c1-17(2,3)16(23)19-11-7-10-13(21)20-14(15(18)22)12-8-5-4-6-9-12/h4-6,8-9,14H,7,10-11H2,1-3H3,(H2,18,22)(H,19,23)(H,20,21). The van der Waals surface area contributed by atoms with Gasteiger partial charge in [0.25, 0.3) is 0 Å². The van der Waals surface area contributed by atoms with Crippen LogP contribution in [-0.4, -0.2) is 24.3 Å². The molecule has 0 aromatic heterocycles. The Labute approximate surface area is 136 Å². The van der Waals surface area contributed by atoms with Gasteiger partial charge in [0.1, 0.15) is 6.04 Å². The summed E-state index contributed by atoms with van der Waals surface area (Å²) in [5.41, 5.74) is 5.54. The minimum Gasteiger partial charge on any atom is -0.368 e. The van der Waals surface area contributed by atoms with Gasteiger partial charge in [-0.1, -0.05) is 51.1 Å². The lowest BCUT2D eigenvalue weighted by molar-refractivity contribution is -0.129. The van der Waals surface area contributed by atoms with Gasteiger partial charge in [0.05, 0.1) is 0 Å². The van der Waals surface area contributed by atoms with Gasteiger partial charge in [-0.05, 0) is 12.0 Å². The van der Waals surface area contributed by atoms with Crippen LogP contribution in [-0.2, 0) is 14.4 Å². The number of carbonyl (C=O) groups excluding carboxylic acids is 3. The van der Waals surface area contributed by atoms with Crippen LogP contribution in [0.4, 0.5) is 0 Å². The second-order valence-corrected chi connectivity index (χ2v) is 6.42. The molecular weight excluding hydrogens is 294 g/mol. The van der Waals surface area contributed by atoms with E-state index in [0.717, 1.165) is 0 Å². The van der Waals surface area contributed by atoms with E-state index in [2.05, 4.69) is 10.6 Å². The first-order valence-electron chi connectivity index (χ1n) is 7.63. The van der Waals surface area contributed by atoms with E-state index in [1.165, 1.54) is 0 Å². The fourth-order valence-electron chi connectivity index (χ4n) is 1.91. The Balaban J connectivity index is 2.43. The quantitative estimate of drug-likeness (QED) is 0.660. The Morgan fingerprint density at radius 1 is 1.13 bits per heavy atom. The van der Waals surface area contributed by atoms with E-state index >= 15 is 0 Å². The van der Waals surface area contributed by atoms with E-state index in [9.17, 15) is 14.4 Å². The molecule has 1 rings (SSSR count). The minimum atomic E-state index is -0.840. The molecule has 0 fully saturated rings. The normalized spacial score (nSPS) is 12.3. The van der Waals surface area contributed by atoms with Crippen molar-refractivity contribution in [1.82, 2.24) is 10.6 Å². The molecule has 126 valence electrons. The molecule has 0 bridgehead atoms. The Morgan fingerprint density at radius 3 is 2.26 bits per heavy atom. The first-order chi connectivity index (χ1) is 10.7. The fourth-order valence-corrected chi connectivity index (χ4v) is 1.91. The lowest BCUT2D eigenvalue weighted by atomic mass is 9.96. The Kier molecular flexibility index (Phi) is 6.75. The number of nitrogens with one attached hydrogen (secondary N) is 2. The molecule has 0 aliphatic carbocycles. The van der Waals surface area contributed by atoms with Crippen LogP contribution in [0.1, 0.15) is 45.2 Å². The molecule has 1 aromatic carbocycles. The van der Waals surface area contributed by atoms with Crippen LogP contribution in [0.3, 0.4) is 0 Å². The van der Waals surface area contributed by atoms with Crippen molar-refractivity contribution >= 4 is 17.7 Å². The van der Waals surface area contributed by atoms with Crippen molar-refractivity contribution in [2.24, 2.45) is 11.1 Å². The number of primary amides is 1. The number of amides is 3. The largest absolute Gasteiger partial charge is 0.368 e. The van der Waals surface area contributed by atoms with E-state index in [0.29, 0.717) is 18.5 Å². The maximum Gasteiger partial charge on any atom is 0.244 e. The number of benzene rings is 1. The molecule has 6 nitrogen and oxygen atoms in total. The molecule has 3 amide bonds. The number of hydrogen-bond donors (Lipinski definition) is 3. The predicted molar refractivity (Wildman–Crippen MR) is 88.2 cm³/mol. The minimum absolute atomic E-state index is 0.0581. The maximum atomic E-state index is 11.9. The fraction of sp³-hybridized carbons (Fsp3) is 0.471. The number of carbonyl (C=O) groups is 3. The van der Waals surface area contributed by atoms with E-state index in [4.69, 9.17) is 5.73 Å². The van der Waals surface area contributed by atoms with Crippen LogP contribution in [0.5, 0.6) is 0 Å². The van der Waals surface area contributed by atoms with Gasteiger partial charge in [0, 0.05) is 18.4 Å². The highest BCUT2D eigenvalue weighted by molar-refractivity contribution is 5.87. The Bertz CT molecular complexity index is 550. The first-order valence-corrected chi connectivity index (χ1v) is 7.63. The zero-order valence-electron chi connectivity index (χ0n) is 13.9. The van der Waals surface area contributed by atoms with Crippen LogP contribution in [0.25, 0.3) is 0 Å². The molecule has 0 saturated heterocycles. The lowest BCUT2D eigenvalue weighted by Crippen LogP contribution is -2.38. The number of nitrogens with two attached hydrogens (primary N) is 1. The van der Waals surface area contributed by atoms with Crippen molar-refractivity contribution in [3.8, 4) is 0 Å². The topological polar surface area (TPSA) is 101 Å². The lowest BCUT2D eigenvalue weighted by Gasteiger charge is -2.18. The van der Waals surface area contributed by atoms with E-state index in [-0.39, 0.29) is 18.2 Å². The first kappa shape index (κ1) is 18.7. The summed E-state index contributed by atoms with van der Waals surface area (Å²) in [4.78, 5) is 35.1. The highest BCUT2D eigenvalue weighted by atomic mass is 16.2. The summed E-state index contributed by atoms with van der Waals surface area (Å²) in [7, 11) is 0. The van der Waals surface area contributed by atoms with Crippen molar-refractivity contribution in [2.75, 3.05) is 6.54 Å². The molecular formula is C17H25N3O3. The average Bonchev–Trinajstić information content (AvgIpc) is 2.48. The van der Waals surface area contributed by atoms with Crippen molar-refractivity contribution in [3.63, 3.8) is 0 Å². The third kappa shape index (κ3) is 6.50. The summed E-state index contributed by atoms with van der Waals surface area (Å²) in [6.07, 6.45) is 0.703. The Hall–Kier alpha value is -2.37. The second kappa shape index (κ2) is 8.31. The highest BCUT2D eigenvalue weighted by Crippen LogP contribution is 2.13. The molecule has 1 aromatic rings. The number of hydrogen-bond acceptors (Lipinski definition) is 3. The maximum absolute atomic E-state index is 11.9. The van der Waals surface area contributed by atoms with Crippen LogP contribution in [0.15, 0.2) is 30.3 Å². The molecule has 6 heteroatoms. The third-order valence-electron chi connectivity index (χ3n) is 3.27. The zero-order chi connectivity index (χ0) is 17.5. The van der Waals surface area contributed by atoms with Gasteiger partial charge in [0.2, 0.25) is 17.7 Å². The van der Waals surface area contributed by atoms with Crippen molar-refractivity contribution in [3.05, 3.63) is 35.9 Å². The van der Waals surface area contributed by atoms with Gasteiger partial charge in [-0.25, -0.2) is 0 Å². The Morgan fingerprint density at radius 2 is 1.74 bits per heavy atom. The predicted octanol–water partition coefficient (Wildman–Crippen LogP) is 1.27. The van der Waals surface area contributed by atoms with Gasteiger partial charge in [-0.15, -0.1) is 0 Å². The summed E-state index contributed by atoms with van der Waals surface area (Å²) < 4.78 is 0. The van der Waals surface area contributed by atoms with Crippen molar-refractivity contribution in [1.29, 1.82) is 0 Å². The zero-order valence-corrected chi connectivity index (χ0v) is 13.9. The molecule has 4 N–H and O–H groups in total. The molecule has 0 spiro atoms. The van der Waals surface area contributed by atoms with Gasteiger partial charge in [0.15, 0.2) is 0 Å². The molecule has 0 heterocycles. The van der Waals surface area contributed by atoms with E-state index < -0.39 is 17.4 Å². The SMILES string of the molecule is CC(C)(C)C(=O)NCCCC(=O)NC(C(N)=O)c1ccccc1. The molecule has 0 aliphatic heterocycles. The van der Waals surface area contributed by atoms with Gasteiger partial charge < -0.3 is 16.4 Å². The summed E-state index contributed by atoms with van der Waals surface area (Å²) in [6, 6.07) is 8.01. The average molecular weight is 319 g/mol. The van der Waals surface area contributed by atoms with Crippen LogP contribution >= 0.6 is 0 Å². The summed E-state index contributed by atoms with van der Waals surface area (Å²) >= 11 is 0. The molecule has 1 atom stereocenters. The van der Waals surface area contributed by atoms with Crippen LogP contribution in [0.2, 0.25) is 0 Å². The molecule has 23 heavy (non-hydrogen) atoms. The molecule has 0 aliphatic rings. The van der Waals surface area contributed by atoms with Gasteiger partial charge >= 0.3 is 0 Å². The molecule has 1 unspecified atom stereocenters. The monoisotopic (exact) mass is 319 g/mol. The summed E-state index contributed by atoms with van der Waals surface area (Å²) in [5.74, 6) is -0.939. The summed E-state index contributed by atoms with van der Waals surface area (Å²) in [6.45, 7) is 5.89. The van der Waals surface area contributed by atoms with Crippen molar-refractivity contribution < 1.29 is 14.4 Å². The second-order valence-electron chi connectivity index (χ2n) is 6.42. The van der Waals surface area contributed by atoms with Gasteiger partial charge in [-0.2, -0.15) is 0 Å². The van der Waals surface area contributed by atoms with E-state index in [1.807, 2.05) is 26.8 Å². The summed E-state index contributed by atoms with van der Waals surface area (Å²) in [5, 5.41) is 5.40. The molecule has 0 radical (unpaired) electrons. The van der Waals surface area contributed by atoms with E-state index in [1.54, 1.807) is 24.3 Å².